The van der Waals surface area contributed by atoms with Crippen LogP contribution < -0.4 is 10.6 Å². The monoisotopic (exact) mass is 294 g/mol. The standard InChI is InChI=1S/C15H22N2O4/c1-9-11(6-14(20)21-4)5-12(7-17-8-13(18)19)10(2)15(9)16-3/h5,16-17H,6-8H2,1-4H3,(H,18,19). The average Bonchev–Trinajstić information content (AvgIpc) is 2.43. The fraction of sp³-hybridized carbons (Fsp3) is 0.467. The average molecular weight is 294 g/mol. The van der Waals surface area contributed by atoms with Crippen LogP contribution in [-0.4, -0.2) is 37.7 Å². The molecular weight excluding hydrogens is 272 g/mol. The number of carbonyl (C=O) groups excluding carboxylic acids is 1. The zero-order valence-electron chi connectivity index (χ0n) is 12.9. The van der Waals surface area contributed by atoms with Crippen molar-refractivity contribution in [2.45, 2.75) is 26.8 Å². The van der Waals surface area contributed by atoms with E-state index in [0.29, 0.717) is 6.54 Å². The van der Waals surface area contributed by atoms with Gasteiger partial charge in [-0.3, -0.25) is 9.59 Å². The van der Waals surface area contributed by atoms with Crippen LogP contribution in [0.15, 0.2) is 6.07 Å². The van der Waals surface area contributed by atoms with E-state index in [1.165, 1.54) is 7.11 Å². The summed E-state index contributed by atoms with van der Waals surface area (Å²) in [6.07, 6.45) is 0.198. The molecule has 1 aromatic carbocycles. The first kappa shape index (κ1) is 17.0. The summed E-state index contributed by atoms with van der Waals surface area (Å²) >= 11 is 0. The van der Waals surface area contributed by atoms with Crippen molar-refractivity contribution in [2.75, 3.05) is 26.0 Å². The third kappa shape index (κ3) is 4.46. The number of methoxy groups -OCH3 is 1. The van der Waals surface area contributed by atoms with Crippen LogP contribution in [0.25, 0.3) is 0 Å². The molecule has 1 aromatic rings. The van der Waals surface area contributed by atoms with Gasteiger partial charge in [-0.25, -0.2) is 0 Å². The van der Waals surface area contributed by atoms with Gasteiger partial charge < -0.3 is 20.5 Å². The van der Waals surface area contributed by atoms with Gasteiger partial charge in [0.1, 0.15) is 0 Å². The first-order valence-electron chi connectivity index (χ1n) is 6.69. The minimum absolute atomic E-state index is 0.103. The molecule has 6 heteroatoms. The van der Waals surface area contributed by atoms with Gasteiger partial charge in [0, 0.05) is 19.3 Å². The molecule has 0 fully saturated rings. The van der Waals surface area contributed by atoms with Crippen molar-refractivity contribution in [1.82, 2.24) is 5.32 Å². The van der Waals surface area contributed by atoms with Crippen molar-refractivity contribution in [3.05, 3.63) is 28.3 Å². The predicted molar refractivity (Wildman–Crippen MR) is 80.5 cm³/mol. The molecule has 3 N–H and O–H groups in total. The minimum atomic E-state index is -0.900. The topological polar surface area (TPSA) is 87.7 Å². The van der Waals surface area contributed by atoms with E-state index >= 15 is 0 Å². The fourth-order valence-corrected chi connectivity index (χ4v) is 2.30. The second-order valence-corrected chi connectivity index (χ2v) is 4.82. The smallest absolute Gasteiger partial charge is 0.317 e. The Balaban J connectivity index is 3.08. The zero-order chi connectivity index (χ0) is 16.0. The quantitative estimate of drug-likeness (QED) is 0.656. The van der Waals surface area contributed by atoms with Crippen LogP contribution in [-0.2, 0) is 27.3 Å². The molecule has 0 unspecified atom stereocenters. The SMILES string of the molecule is CNc1c(C)c(CNCC(=O)O)cc(CC(=O)OC)c1C. The molecule has 0 aliphatic heterocycles. The van der Waals surface area contributed by atoms with Gasteiger partial charge in [-0.1, -0.05) is 6.07 Å². The molecule has 0 amide bonds. The van der Waals surface area contributed by atoms with Crippen LogP contribution >= 0.6 is 0 Å². The number of carboxylic acid groups (broad SMARTS) is 1. The van der Waals surface area contributed by atoms with Gasteiger partial charge in [0.25, 0.3) is 0 Å². The van der Waals surface area contributed by atoms with Crippen LogP contribution in [0.4, 0.5) is 5.69 Å². The Morgan fingerprint density at radius 3 is 2.38 bits per heavy atom. The lowest BCUT2D eigenvalue weighted by molar-refractivity contribution is -0.140. The highest BCUT2D eigenvalue weighted by Gasteiger charge is 2.14. The molecule has 0 aliphatic carbocycles. The Labute approximate surface area is 124 Å². The van der Waals surface area contributed by atoms with Gasteiger partial charge >= 0.3 is 11.9 Å². The van der Waals surface area contributed by atoms with Crippen molar-refractivity contribution >= 4 is 17.6 Å². The Kier molecular flexibility index (Phi) is 6.17. The summed E-state index contributed by atoms with van der Waals surface area (Å²) in [6.45, 7) is 4.25. The third-order valence-electron chi connectivity index (χ3n) is 3.47. The van der Waals surface area contributed by atoms with Crippen LogP contribution in [0.2, 0.25) is 0 Å². The molecule has 0 bridgehead atoms. The van der Waals surface area contributed by atoms with Crippen molar-refractivity contribution in [3.63, 3.8) is 0 Å². The largest absolute Gasteiger partial charge is 0.480 e. The second kappa shape index (κ2) is 7.64. The summed E-state index contributed by atoms with van der Waals surface area (Å²) in [5.74, 6) is -1.20. The number of esters is 1. The van der Waals surface area contributed by atoms with Crippen LogP contribution in [0, 0.1) is 13.8 Å². The molecule has 1 rings (SSSR count). The minimum Gasteiger partial charge on any atom is -0.480 e. The van der Waals surface area contributed by atoms with Gasteiger partial charge in [0.2, 0.25) is 0 Å². The van der Waals surface area contributed by atoms with Gasteiger partial charge in [-0.2, -0.15) is 0 Å². The van der Waals surface area contributed by atoms with E-state index in [0.717, 1.165) is 27.9 Å². The number of nitrogens with one attached hydrogen (secondary N) is 2. The lowest BCUT2D eigenvalue weighted by Gasteiger charge is -2.18. The number of aliphatic carboxylic acids is 1. The highest BCUT2D eigenvalue weighted by atomic mass is 16.5. The number of carbonyl (C=O) groups is 2. The van der Waals surface area contributed by atoms with E-state index < -0.39 is 5.97 Å². The van der Waals surface area contributed by atoms with E-state index in [1.807, 2.05) is 27.0 Å². The van der Waals surface area contributed by atoms with E-state index in [-0.39, 0.29) is 18.9 Å². The zero-order valence-corrected chi connectivity index (χ0v) is 12.9. The van der Waals surface area contributed by atoms with Crippen LogP contribution in [0.5, 0.6) is 0 Å². The molecule has 0 aromatic heterocycles. The molecule has 0 heterocycles. The highest BCUT2D eigenvalue weighted by Crippen LogP contribution is 2.27. The number of anilines is 1. The Bertz CT molecular complexity index is 541. The summed E-state index contributed by atoms with van der Waals surface area (Å²) in [4.78, 5) is 22.1. The van der Waals surface area contributed by atoms with Crippen LogP contribution in [0.1, 0.15) is 22.3 Å². The van der Waals surface area contributed by atoms with Crippen molar-refractivity contribution in [2.24, 2.45) is 0 Å². The first-order chi connectivity index (χ1) is 9.90. The Hall–Kier alpha value is -2.08. The summed E-state index contributed by atoms with van der Waals surface area (Å²) in [7, 11) is 3.19. The summed E-state index contributed by atoms with van der Waals surface area (Å²) in [5, 5.41) is 14.7. The van der Waals surface area contributed by atoms with Gasteiger partial charge in [0.15, 0.2) is 0 Å². The van der Waals surface area contributed by atoms with Crippen LogP contribution in [0.3, 0.4) is 0 Å². The molecule has 21 heavy (non-hydrogen) atoms. The number of hydrogen-bond acceptors (Lipinski definition) is 5. The Morgan fingerprint density at radius 1 is 1.24 bits per heavy atom. The Morgan fingerprint density at radius 2 is 1.86 bits per heavy atom. The van der Waals surface area contributed by atoms with E-state index in [9.17, 15) is 9.59 Å². The molecule has 0 radical (unpaired) electrons. The molecule has 0 saturated carbocycles. The summed E-state index contributed by atoms with van der Waals surface area (Å²) < 4.78 is 4.71. The van der Waals surface area contributed by atoms with Gasteiger partial charge in [0.05, 0.1) is 20.1 Å². The number of ether oxygens (including phenoxy) is 1. The maximum absolute atomic E-state index is 11.5. The summed E-state index contributed by atoms with van der Waals surface area (Å²) in [5.41, 5.74) is 4.85. The number of rotatable bonds is 7. The maximum Gasteiger partial charge on any atom is 0.317 e. The van der Waals surface area contributed by atoms with E-state index in [1.54, 1.807) is 0 Å². The fourth-order valence-electron chi connectivity index (χ4n) is 2.30. The molecule has 0 saturated heterocycles. The summed E-state index contributed by atoms with van der Waals surface area (Å²) in [6, 6.07) is 1.93. The molecule has 0 spiro atoms. The maximum atomic E-state index is 11.5. The molecular formula is C15H22N2O4. The van der Waals surface area contributed by atoms with Gasteiger partial charge in [-0.05, 0) is 36.1 Å². The van der Waals surface area contributed by atoms with E-state index in [2.05, 4.69) is 10.6 Å². The van der Waals surface area contributed by atoms with Crippen molar-refractivity contribution in [1.29, 1.82) is 0 Å². The number of carboxylic acids is 1. The normalized spacial score (nSPS) is 10.3. The number of hydrogen-bond donors (Lipinski definition) is 3. The first-order valence-corrected chi connectivity index (χ1v) is 6.69. The molecule has 0 atom stereocenters. The van der Waals surface area contributed by atoms with Crippen molar-refractivity contribution in [3.8, 4) is 0 Å². The predicted octanol–water partition coefficient (Wildman–Crippen LogP) is 1.23. The molecule has 0 aliphatic rings. The van der Waals surface area contributed by atoms with E-state index in [4.69, 9.17) is 9.84 Å². The van der Waals surface area contributed by atoms with Gasteiger partial charge in [-0.15, -0.1) is 0 Å². The lowest BCUT2D eigenvalue weighted by Crippen LogP contribution is -2.23. The molecule has 6 nitrogen and oxygen atoms in total. The third-order valence-corrected chi connectivity index (χ3v) is 3.47. The highest BCUT2D eigenvalue weighted by molar-refractivity contribution is 5.75. The lowest BCUT2D eigenvalue weighted by atomic mass is 9.95. The number of benzene rings is 1. The second-order valence-electron chi connectivity index (χ2n) is 4.82. The molecule has 116 valence electrons. The van der Waals surface area contributed by atoms with Crippen molar-refractivity contribution < 1.29 is 19.4 Å².